The first-order valence-electron chi connectivity index (χ1n) is 7.90. The maximum absolute atomic E-state index is 13.1. The normalized spacial score (nSPS) is 10.3. The van der Waals surface area contributed by atoms with Gasteiger partial charge in [0, 0.05) is 15.7 Å². The summed E-state index contributed by atoms with van der Waals surface area (Å²) in [5, 5.41) is 12.5. The first-order chi connectivity index (χ1) is 13.0. The van der Waals surface area contributed by atoms with Crippen molar-refractivity contribution in [2.75, 3.05) is 11.1 Å². The van der Waals surface area contributed by atoms with Gasteiger partial charge >= 0.3 is 0 Å². The number of carbonyl (C=O) groups excluding carboxylic acids is 1. The van der Waals surface area contributed by atoms with Gasteiger partial charge in [0.25, 0.3) is 0 Å². The zero-order chi connectivity index (χ0) is 19.2. The van der Waals surface area contributed by atoms with Crippen molar-refractivity contribution in [3.8, 4) is 17.3 Å². The van der Waals surface area contributed by atoms with Crippen LogP contribution in [0.25, 0.3) is 11.3 Å². The molecule has 0 unspecified atom stereocenters. The van der Waals surface area contributed by atoms with Crippen LogP contribution in [0.5, 0.6) is 0 Å². The first kappa shape index (κ1) is 19.1. The van der Waals surface area contributed by atoms with E-state index in [0.717, 1.165) is 10.0 Å². The molecule has 0 fully saturated rings. The number of aromatic nitrogens is 1. The fourth-order valence-corrected chi connectivity index (χ4v) is 3.32. The van der Waals surface area contributed by atoms with Gasteiger partial charge in [-0.25, -0.2) is 9.37 Å². The lowest BCUT2D eigenvalue weighted by Crippen LogP contribution is -2.14. The predicted octanol–water partition coefficient (Wildman–Crippen LogP) is 5.25. The smallest absolute Gasteiger partial charge is 0.234 e. The molecule has 0 saturated heterocycles. The van der Waals surface area contributed by atoms with Crippen LogP contribution in [0.3, 0.4) is 0 Å². The number of rotatable bonds is 5. The van der Waals surface area contributed by atoms with Crippen molar-refractivity contribution in [3.63, 3.8) is 0 Å². The summed E-state index contributed by atoms with van der Waals surface area (Å²) in [7, 11) is 0. The van der Waals surface area contributed by atoms with Gasteiger partial charge in [0.2, 0.25) is 5.91 Å². The Kier molecular flexibility index (Phi) is 6.22. The summed E-state index contributed by atoms with van der Waals surface area (Å²) in [5.74, 6) is -0.406. The third-order valence-electron chi connectivity index (χ3n) is 3.59. The van der Waals surface area contributed by atoms with E-state index >= 15 is 0 Å². The van der Waals surface area contributed by atoms with E-state index in [0.29, 0.717) is 22.0 Å². The van der Waals surface area contributed by atoms with Crippen molar-refractivity contribution >= 4 is 39.3 Å². The molecule has 0 spiro atoms. The van der Waals surface area contributed by atoms with E-state index in [9.17, 15) is 14.4 Å². The molecular weight excluding hydrogens is 429 g/mol. The highest BCUT2D eigenvalue weighted by atomic mass is 79.9. The number of nitrogens with one attached hydrogen (secondary N) is 1. The van der Waals surface area contributed by atoms with Crippen LogP contribution in [-0.2, 0) is 4.79 Å². The zero-order valence-electron chi connectivity index (χ0n) is 13.9. The minimum atomic E-state index is -0.327. The minimum absolute atomic E-state index is 0.116. The van der Waals surface area contributed by atoms with Crippen molar-refractivity contribution in [2.24, 2.45) is 0 Å². The van der Waals surface area contributed by atoms with Crippen LogP contribution >= 0.6 is 27.7 Å². The molecule has 0 aliphatic carbocycles. The molecule has 134 valence electrons. The molecular formula is C20H13BrFN3OS. The molecule has 1 aromatic heterocycles. The summed E-state index contributed by atoms with van der Waals surface area (Å²) in [4.78, 5) is 16.6. The van der Waals surface area contributed by atoms with E-state index in [1.165, 1.54) is 23.9 Å². The highest BCUT2D eigenvalue weighted by Crippen LogP contribution is 2.25. The molecule has 0 radical (unpaired) electrons. The monoisotopic (exact) mass is 441 g/mol. The van der Waals surface area contributed by atoms with Crippen molar-refractivity contribution in [1.82, 2.24) is 4.98 Å². The van der Waals surface area contributed by atoms with Gasteiger partial charge in [0.15, 0.2) is 0 Å². The Morgan fingerprint density at radius 2 is 1.81 bits per heavy atom. The standard InChI is InChI=1S/C20H13BrFN3OS/c21-15-4-8-17(9-5-15)24-19(26)12-27-20-14(11-23)3-10-18(25-20)13-1-6-16(22)7-2-13/h1-10H,12H2,(H,24,26). The molecule has 27 heavy (non-hydrogen) atoms. The molecule has 1 amide bonds. The second-order valence-electron chi connectivity index (χ2n) is 5.51. The number of nitriles is 1. The molecule has 3 aromatic rings. The fourth-order valence-electron chi connectivity index (χ4n) is 2.28. The van der Waals surface area contributed by atoms with Crippen molar-refractivity contribution in [1.29, 1.82) is 5.26 Å². The van der Waals surface area contributed by atoms with Gasteiger partial charge in [-0.2, -0.15) is 5.26 Å². The lowest BCUT2D eigenvalue weighted by Gasteiger charge is -2.08. The molecule has 0 saturated carbocycles. The molecule has 0 atom stereocenters. The maximum Gasteiger partial charge on any atom is 0.234 e. The summed E-state index contributed by atoms with van der Waals surface area (Å²) < 4.78 is 14.0. The minimum Gasteiger partial charge on any atom is -0.325 e. The van der Waals surface area contributed by atoms with Crippen LogP contribution < -0.4 is 5.32 Å². The number of thioether (sulfide) groups is 1. The van der Waals surface area contributed by atoms with Gasteiger partial charge in [0.1, 0.15) is 16.9 Å². The number of pyridine rings is 1. The summed E-state index contributed by atoms with van der Waals surface area (Å²) in [6, 6.07) is 18.7. The van der Waals surface area contributed by atoms with Crippen LogP contribution in [0, 0.1) is 17.1 Å². The lowest BCUT2D eigenvalue weighted by atomic mass is 10.1. The van der Waals surface area contributed by atoms with E-state index in [-0.39, 0.29) is 17.5 Å². The van der Waals surface area contributed by atoms with Crippen LogP contribution in [0.1, 0.15) is 5.56 Å². The number of amides is 1. The largest absolute Gasteiger partial charge is 0.325 e. The highest BCUT2D eigenvalue weighted by Gasteiger charge is 2.11. The molecule has 0 aliphatic heterocycles. The molecule has 4 nitrogen and oxygen atoms in total. The van der Waals surface area contributed by atoms with Gasteiger partial charge in [-0.15, -0.1) is 0 Å². The average molecular weight is 442 g/mol. The second-order valence-corrected chi connectivity index (χ2v) is 7.39. The van der Waals surface area contributed by atoms with Gasteiger partial charge in [-0.05, 0) is 60.7 Å². The Balaban J connectivity index is 1.72. The Bertz CT molecular complexity index is 1000. The molecule has 2 aromatic carbocycles. The summed E-state index contributed by atoms with van der Waals surface area (Å²) in [6.45, 7) is 0. The number of hydrogen-bond acceptors (Lipinski definition) is 4. The number of halogens is 2. The van der Waals surface area contributed by atoms with E-state index in [1.807, 2.05) is 12.1 Å². The van der Waals surface area contributed by atoms with E-state index in [1.54, 1.807) is 36.4 Å². The zero-order valence-corrected chi connectivity index (χ0v) is 16.3. The Morgan fingerprint density at radius 3 is 2.48 bits per heavy atom. The van der Waals surface area contributed by atoms with Crippen molar-refractivity contribution in [3.05, 3.63) is 76.5 Å². The van der Waals surface area contributed by atoms with Gasteiger partial charge in [0.05, 0.1) is 17.0 Å². The summed E-state index contributed by atoms with van der Waals surface area (Å²) >= 11 is 4.53. The molecule has 0 bridgehead atoms. The van der Waals surface area contributed by atoms with E-state index in [2.05, 4.69) is 32.3 Å². The fraction of sp³-hybridized carbons (Fsp3) is 0.0500. The number of nitrogens with zero attached hydrogens (tertiary/aromatic N) is 2. The van der Waals surface area contributed by atoms with E-state index in [4.69, 9.17) is 0 Å². The third kappa shape index (κ3) is 5.16. The predicted molar refractivity (Wildman–Crippen MR) is 108 cm³/mol. The summed E-state index contributed by atoms with van der Waals surface area (Å²) in [6.07, 6.45) is 0. The first-order valence-corrected chi connectivity index (χ1v) is 9.68. The molecule has 3 rings (SSSR count). The lowest BCUT2D eigenvalue weighted by molar-refractivity contribution is -0.113. The Morgan fingerprint density at radius 1 is 1.11 bits per heavy atom. The Labute approximate surface area is 168 Å². The van der Waals surface area contributed by atoms with Crippen LogP contribution in [0.2, 0.25) is 0 Å². The molecule has 0 aliphatic rings. The Hall–Kier alpha value is -2.69. The number of hydrogen-bond donors (Lipinski definition) is 1. The van der Waals surface area contributed by atoms with Crippen molar-refractivity contribution < 1.29 is 9.18 Å². The van der Waals surface area contributed by atoms with Crippen LogP contribution in [-0.4, -0.2) is 16.6 Å². The van der Waals surface area contributed by atoms with Gasteiger partial charge in [-0.1, -0.05) is 27.7 Å². The topological polar surface area (TPSA) is 65.8 Å². The van der Waals surface area contributed by atoms with Crippen molar-refractivity contribution in [2.45, 2.75) is 5.03 Å². The maximum atomic E-state index is 13.1. The van der Waals surface area contributed by atoms with Gasteiger partial charge in [-0.3, -0.25) is 4.79 Å². The quantitative estimate of drug-likeness (QED) is 0.548. The molecule has 7 heteroatoms. The highest BCUT2D eigenvalue weighted by molar-refractivity contribution is 9.10. The number of carbonyl (C=O) groups is 1. The number of anilines is 1. The molecule has 1 heterocycles. The van der Waals surface area contributed by atoms with E-state index < -0.39 is 0 Å². The SMILES string of the molecule is N#Cc1ccc(-c2ccc(F)cc2)nc1SCC(=O)Nc1ccc(Br)cc1. The second kappa shape index (κ2) is 8.80. The number of benzene rings is 2. The van der Waals surface area contributed by atoms with Crippen LogP contribution in [0.15, 0.2) is 70.2 Å². The van der Waals surface area contributed by atoms with Crippen LogP contribution in [0.4, 0.5) is 10.1 Å². The average Bonchev–Trinajstić information content (AvgIpc) is 2.68. The van der Waals surface area contributed by atoms with Gasteiger partial charge < -0.3 is 5.32 Å². The molecule has 1 N–H and O–H groups in total. The third-order valence-corrected chi connectivity index (χ3v) is 5.11. The summed E-state index contributed by atoms with van der Waals surface area (Å²) in [5.41, 5.74) is 2.44.